The molecule has 1 aromatic rings. The number of aliphatic hydroxyl groups is 2. The largest absolute Gasteiger partial charge is 0.493 e. The van der Waals surface area contributed by atoms with E-state index >= 15 is 0 Å². The fourth-order valence-corrected chi connectivity index (χ4v) is 6.66. The molecule has 1 heterocycles. The molecular weight excluding hydrogens is 408 g/mol. The summed E-state index contributed by atoms with van der Waals surface area (Å²) in [7, 11) is 0. The predicted octanol–water partition coefficient (Wildman–Crippen LogP) is 4.32. The molecule has 2 fully saturated rings. The summed E-state index contributed by atoms with van der Waals surface area (Å²) in [6, 6.07) is 5.59. The monoisotopic (exact) mass is 444 g/mol. The summed E-state index contributed by atoms with van der Waals surface area (Å²) >= 11 is 0. The Hall–Kier alpha value is -2.05. The molecule has 3 aliphatic rings. The van der Waals surface area contributed by atoms with Crippen LogP contribution >= 0.6 is 0 Å². The summed E-state index contributed by atoms with van der Waals surface area (Å²) < 4.78 is 17.4. The molecule has 0 saturated heterocycles. The number of fused-ring (bicyclic) bond motifs is 2. The second kappa shape index (κ2) is 8.07. The van der Waals surface area contributed by atoms with Crippen molar-refractivity contribution in [3.05, 3.63) is 29.8 Å². The van der Waals surface area contributed by atoms with Gasteiger partial charge in [0, 0.05) is 29.9 Å². The lowest BCUT2D eigenvalue weighted by atomic mass is 9.45. The van der Waals surface area contributed by atoms with Crippen molar-refractivity contribution in [2.45, 2.75) is 78.3 Å². The van der Waals surface area contributed by atoms with Gasteiger partial charge in [-0.2, -0.15) is 0 Å². The molecule has 0 spiro atoms. The second-order valence-electron chi connectivity index (χ2n) is 10.8. The lowest BCUT2D eigenvalue weighted by Crippen LogP contribution is -2.62. The SMILES string of the molecule is CC(=O)OC1CCC2(C)C(COc3ccc4c(c3)OC(O)C=C4)C(C)(O)CCC2C1(C)C. The number of carbonyl (C=O) groups is 1. The number of rotatable bonds is 4. The maximum atomic E-state index is 11.7. The molecule has 176 valence electrons. The Morgan fingerprint density at radius 3 is 2.66 bits per heavy atom. The van der Waals surface area contributed by atoms with Gasteiger partial charge in [0.25, 0.3) is 0 Å². The van der Waals surface area contributed by atoms with Gasteiger partial charge in [-0.1, -0.05) is 20.8 Å². The highest BCUT2D eigenvalue weighted by Gasteiger charge is 2.61. The first-order valence-corrected chi connectivity index (χ1v) is 11.6. The van der Waals surface area contributed by atoms with Crippen LogP contribution in [0.3, 0.4) is 0 Å². The van der Waals surface area contributed by atoms with Crippen molar-refractivity contribution in [3.8, 4) is 11.5 Å². The zero-order valence-corrected chi connectivity index (χ0v) is 19.8. The number of esters is 1. The van der Waals surface area contributed by atoms with Gasteiger partial charge < -0.3 is 24.4 Å². The highest BCUT2D eigenvalue weighted by Crippen LogP contribution is 2.62. The van der Waals surface area contributed by atoms with Gasteiger partial charge in [-0.05, 0) is 68.2 Å². The summed E-state index contributed by atoms with van der Waals surface area (Å²) in [6.45, 7) is 10.4. The predicted molar refractivity (Wildman–Crippen MR) is 121 cm³/mol. The normalized spacial score (nSPS) is 37.6. The Labute approximate surface area is 190 Å². The highest BCUT2D eigenvalue weighted by molar-refractivity contribution is 5.66. The minimum absolute atomic E-state index is 0.0752. The van der Waals surface area contributed by atoms with E-state index in [1.54, 1.807) is 12.1 Å². The number of hydrogen-bond donors (Lipinski definition) is 2. The van der Waals surface area contributed by atoms with E-state index in [9.17, 15) is 15.0 Å². The molecule has 0 amide bonds. The van der Waals surface area contributed by atoms with Crippen molar-refractivity contribution in [2.24, 2.45) is 22.7 Å². The van der Waals surface area contributed by atoms with Crippen LogP contribution in [-0.2, 0) is 9.53 Å². The van der Waals surface area contributed by atoms with Crippen LogP contribution in [0.1, 0.15) is 65.9 Å². The van der Waals surface area contributed by atoms with Gasteiger partial charge in [-0.3, -0.25) is 4.79 Å². The fourth-order valence-electron chi connectivity index (χ4n) is 6.66. The quantitative estimate of drug-likeness (QED) is 0.673. The van der Waals surface area contributed by atoms with E-state index in [2.05, 4.69) is 20.8 Å². The standard InChI is InChI=1S/C26H36O6/c1-16(27)31-22-11-12-25(4)20(24(22,2)3)10-13-26(5,29)21(25)15-30-18-8-6-17-7-9-23(28)32-19(17)14-18/h6-9,14,20-23,28-29H,10-13,15H2,1-5H3. The van der Waals surface area contributed by atoms with E-state index in [4.69, 9.17) is 14.2 Å². The van der Waals surface area contributed by atoms with Crippen LogP contribution in [0.15, 0.2) is 24.3 Å². The molecular formula is C26H36O6. The summed E-state index contributed by atoms with van der Waals surface area (Å²) in [5.41, 5.74) is -0.287. The Balaban J connectivity index is 1.56. The first kappa shape index (κ1) is 23.1. The fraction of sp³-hybridized carbons (Fsp3) is 0.654. The average molecular weight is 445 g/mol. The van der Waals surface area contributed by atoms with Crippen LogP contribution < -0.4 is 9.47 Å². The summed E-state index contributed by atoms with van der Waals surface area (Å²) in [5.74, 6) is 1.23. The van der Waals surface area contributed by atoms with Gasteiger partial charge in [-0.15, -0.1) is 0 Å². The molecule has 2 N–H and O–H groups in total. The third-order valence-corrected chi connectivity index (χ3v) is 8.35. The lowest BCUT2D eigenvalue weighted by Gasteiger charge is -2.62. The number of ether oxygens (including phenoxy) is 3. The maximum absolute atomic E-state index is 11.7. The van der Waals surface area contributed by atoms with E-state index in [1.165, 1.54) is 6.92 Å². The van der Waals surface area contributed by atoms with Crippen LogP contribution in [-0.4, -0.2) is 40.8 Å². The number of aliphatic hydroxyl groups excluding tert-OH is 1. The van der Waals surface area contributed by atoms with Crippen LogP contribution in [0.25, 0.3) is 6.08 Å². The van der Waals surface area contributed by atoms with Crippen molar-refractivity contribution in [1.82, 2.24) is 0 Å². The van der Waals surface area contributed by atoms with Crippen LogP contribution in [0, 0.1) is 22.7 Å². The zero-order valence-electron chi connectivity index (χ0n) is 19.8. The minimum atomic E-state index is -0.953. The van der Waals surface area contributed by atoms with Crippen molar-refractivity contribution in [2.75, 3.05) is 6.61 Å². The molecule has 1 aliphatic heterocycles. The van der Waals surface area contributed by atoms with E-state index in [0.717, 1.165) is 24.8 Å². The van der Waals surface area contributed by atoms with Gasteiger partial charge in [0.2, 0.25) is 6.29 Å². The van der Waals surface area contributed by atoms with Crippen LogP contribution in [0.4, 0.5) is 0 Å². The first-order valence-electron chi connectivity index (χ1n) is 11.6. The molecule has 6 unspecified atom stereocenters. The van der Waals surface area contributed by atoms with Crippen molar-refractivity contribution >= 4 is 12.0 Å². The number of benzene rings is 1. The molecule has 0 bridgehead atoms. The van der Waals surface area contributed by atoms with Gasteiger partial charge in [0.05, 0.1) is 12.2 Å². The Kier molecular flexibility index (Phi) is 5.83. The molecule has 6 atom stereocenters. The maximum Gasteiger partial charge on any atom is 0.302 e. The summed E-state index contributed by atoms with van der Waals surface area (Å²) in [5, 5.41) is 21.1. The molecule has 4 rings (SSSR count). The van der Waals surface area contributed by atoms with Gasteiger partial charge >= 0.3 is 5.97 Å². The van der Waals surface area contributed by atoms with Crippen LogP contribution in [0.2, 0.25) is 0 Å². The number of carbonyl (C=O) groups excluding carboxylic acids is 1. The Bertz CT molecular complexity index is 904. The Morgan fingerprint density at radius 1 is 1.19 bits per heavy atom. The molecule has 0 aromatic heterocycles. The van der Waals surface area contributed by atoms with Gasteiger partial charge in [-0.25, -0.2) is 0 Å². The summed E-state index contributed by atoms with van der Waals surface area (Å²) in [6.07, 6.45) is 5.58. The van der Waals surface area contributed by atoms with Crippen molar-refractivity contribution in [3.63, 3.8) is 0 Å². The first-order chi connectivity index (χ1) is 14.9. The molecule has 2 saturated carbocycles. The van der Waals surface area contributed by atoms with Gasteiger partial charge in [0.15, 0.2) is 0 Å². The van der Waals surface area contributed by atoms with Crippen molar-refractivity contribution < 1.29 is 29.2 Å². The molecule has 6 nitrogen and oxygen atoms in total. The molecule has 1 aromatic carbocycles. The Morgan fingerprint density at radius 2 is 1.94 bits per heavy atom. The lowest BCUT2D eigenvalue weighted by molar-refractivity contribution is -0.210. The third-order valence-electron chi connectivity index (χ3n) is 8.35. The topological polar surface area (TPSA) is 85.2 Å². The molecule has 32 heavy (non-hydrogen) atoms. The van der Waals surface area contributed by atoms with Gasteiger partial charge in [0.1, 0.15) is 17.6 Å². The van der Waals surface area contributed by atoms with E-state index in [-0.39, 0.29) is 28.8 Å². The summed E-state index contributed by atoms with van der Waals surface area (Å²) in [4.78, 5) is 11.7. The molecule has 6 heteroatoms. The van der Waals surface area contributed by atoms with Crippen LogP contribution in [0.5, 0.6) is 11.5 Å². The molecule has 0 radical (unpaired) electrons. The smallest absolute Gasteiger partial charge is 0.302 e. The second-order valence-corrected chi connectivity index (χ2v) is 10.8. The third kappa shape index (κ3) is 4.03. The molecule has 2 aliphatic carbocycles. The van der Waals surface area contributed by atoms with E-state index in [0.29, 0.717) is 30.4 Å². The average Bonchev–Trinajstić information content (AvgIpc) is 2.68. The van der Waals surface area contributed by atoms with E-state index in [1.807, 2.05) is 25.1 Å². The van der Waals surface area contributed by atoms with E-state index < -0.39 is 11.9 Å². The highest BCUT2D eigenvalue weighted by atomic mass is 16.6. The minimum Gasteiger partial charge on any atom is -0.493 e. The van der Waals surface area contributed by atoms with Crippen molar-refractivity contribution in [1.29, 1.82) is 0 Å². The number of hydrogen-bond acceptors (Lipinski definition) is 6. The zero-order chi connectivity index (χ0) is 23.3.